The Morgan fingerprint density at radius 1 is 0.459 bits per heavy atom. The second-order valence-corrected chi connectivity index (χ2v) is 22.9. The number of thiophene rings is 1. The van der Waals surface area contributed by atoms with Gasteiger partial charge in [0.25, 0.3) is 0 Å². The van der Waals surface area contributed by atoms with Crippen LogP contribution in [0.4, 0.5) is 45.5 Å². The second kappa shape index (κ2) is 18.7. The van der Waals surface area contributed by atoms with Crippen molar-refractivity contribution >= 4 is 95.2 Å². The highest BCUT2D eigenvalue weighted by molar-refractivity contribution is 7.26. The summed E-state index contributed by atoms with van der Waals surface area (Å²) in [5, 5.41) is 6.52. The van der Waals surface area contributed by atoms with Crippen molar-refractivity contribution < 1.29 is 0 Å². The molecule has 3 nitrogen and oxygen atoms in total. The number of fused-ring (bicyclic) bond motifs is 5. The first-order valence-electron chi connectivity index (χ1n) is 25.8. The van der Waals surface area contributed by atoms with E-state index in [1.54, 1.807) is 0 Å². The van der Waals surface area contributed by atoms with Gasteiger partial charge in [-0.25, -0.2) is 0 Å². The van der Waals surface area contributed by atoms with E-state index < -0.39 is 0 Å². The van der Waals surface area contributed by atoms with Crippen LogP contribution < -0.4 is 26.0 Å². The Bertz CT molecular complexity index is 3790. The van der Waals surface area contributed by atoms with Gasteiger partial charge in [-0.3, -0.25) is 0 Å². The molecule has 359 valence electrons. The molecule has 2 heterocycles. The lowest BCUT2D eigenvalue weighted by Gasteiger charge is -2.36. The van der Waals surface area contributed by atoms with Crippen LogP contribution in [0.2, 0.25) is 0 Å². The number of nitrogens with one attached hydrogen (secondary N) is 1. The van der Waals surface area contributed by atoms with Crippen LogP contribution in [0.25, 0.3) is 53.6 Å². The fraction of sp³-hybridized carbons (Fsp3) is 0.130. The van der Waals surface area contributed by atoms with Gasteiger partial charge in [-0.2, -0.15) is 0 Å². The summed E-state index contributed by atoms with van der Waals surface area (Å²) in [6.07, 6.45) is 0. The second-order valence-electron chi connectivity index (χ2n) is 21.8. The third-order valence-electron chi connectivity index (χ3n) is 14.7. The van der Waals surface area contributed by atoms with E-state index in [9.17, 15) is 0 Å². The summed E-state index contributed by atoms with van der Waals surface area (Å²) in [5.74, 6) is 0. The van der Waals surface area contributed by atoms with Crippen molar-refractivity contribution in [2.45, 2.75) is 59.3 Å². The zero-order valence-electron chi connectivity index (χ0n) is 43.2. The molecule has 74 heavy (non-hydrogen) atoms. The standard InChI is InChI=1S/C69H59BN3S/c1-45-18-14-16-24-60(45)73-61-42-49(47-21-12-9-13-22-47)28-40-58(61)70-67-62(73)44-64-65(56-23-15-17-25-63(56)74-64)66(67)57-43-55(39-41-59(57)71-52-33-26-48(27-34-52)46-19-10-8-11-20-46)72(53-35-29-50(30-36-53)68(2,3)4)54-37-31-51(32-38-54)69(5,6)7/h8-44,71H,1-7H3. The van der Waals surface area contributed by atoms with Crippen LogP contribution in [0.15, 0.2) is 224 Å². The van der Waals surface area contributed by atoms with Gasteiger partial charge in [0.05, 0.1) is 0 Å². The van der Waals surface area contributed by atoms with Crippen molar-refractivity contribution in [2.24, 2.45) is 0 Å². The maximum Gasteiger partial charge on any atom is 0.197 e. The summed E-state index contributed by atoms with van der Waals surface area (Å²) in [6.45, 7) is 15.9. The van der Waals surface area contributed by atoms with Gasteiger partial charge in [0.2, 0.25) is 0 Å². The van der Waals surface area contributed by atoms with Crippen LogP contribution >= 0.6 is 11.3 Å². The molecule has 0 spiro atoms. The molecule has 0 amide bonds. The molecule has 1 N–H and O–H groups in total. The molecule has 0 aliphatic carbocycles. The van der Waals surface area contributed by atoms with Crippen LogP contribution in [0.1, 0.15) is 58.2 Å². The van der Waals surface area contributed by atoms with Crippen molar-refractivity contribution in [2.75, 3.05) is 15.1 Å². The molecule has 0 saturated carbocycles. The van der Waals surface area contributed by atoms with E-state index in [-0.39, 0.29) is 10.8 Å². The number of anilines is 8. The largest absolute Gasteiger partial charge is 0.355 e. The monoisotopic (exact) mass is 972 g/mol. The molecule has 0 atom stereocenters. The van der Waals surface area contributed by atoms with Crippen LogP contribution in [0.5, 0.6) is 0 Å². The Morgan fingerprint density at radius 3 is 1.65 bits per heavy atom. The van der Waals surface area contributed by atoms with Crippen molar-refractivity contribution in [3.05, 3.63) is 241 Å². The number of benzene rings is 10. The quantitative estimate of drug-likeness (QED) is 0.145. The number of aryl methyl sites for hydroxylation is 1. The first-order valence-corrected chi connectivity index (χ1v) is 26.6. The van der Waals surface area contributed by atoms with Crippen LogP contribution in [-0.4, -0.2) is 7.28 Å². The normalized spacial score (nSPS) is 12.3. The van der Waals surface area contributed by atoms with Gasteiger partial charge in [-0.1, -0.05) is 193 Å². The molecule has 10 aromatic carbocycles. The maximum atomic E-state index is 4.01. The summed E-state index contributed by atoms with van der Waals surface area (Å²) >= 11 is 1.87. The first kappa shape index (κ1) is 46.9. The highest BCUT2D eigenvalue weighted by atomic mass is 32.1. The summed E-state index contributed by atoms with van der Waals surface area (Å²) in [7, 11) is 2.45. The smallest absolute Gasteiger partial charge is 0.197 e. The number of rotatable bonds is 9. The van der Waals surface area contributed by atoms with Gasteiger partial charge in [-0.05, 0) is 147 Å². The Morgan fingerprint density at radius 2 is 1.01 bits per heavy atom. The van der Waals surface area contributed by atoms with Gasteiger partial charge in [0.1, 0.15) is 0 Å². The summed E-state index contributed by atoms with van der Waals surface area (Å²) in [4.78, 5) is 4.96. The average molecular weight is 973 g/mol. The van der Waals surface area contributed by atoms with Crippen molar-refractivity contribution in [3.63, 3.8) is 0 Å². The molecule has 12 rings (SSSR count). The maximum absolute atomic E-state index is 4.01. The Labute approximate surface area is 441 Å². The Kier molecular flexibility index (Phi) is 11.9. The molecule has 0 bridgehead atoms. The lowest BCUT2D eigenvalue weighted by atomic mass is 9.57. The number of hydrogen-bond donors (Lipinski definition) is 1. The minimum Gasteiger partial charge on any atom is -0.355 e. The van der Waals surface area contributed by atoms with E-state index >= 15 is 0 Å². The predicted octanol–water partition coefficient (Wildman–Crippen LogP) is 18.6. The van der Waals surface area contributed by atoms with E-state index in [2.05, 4.69) is 295 Å². The summed E-state index contributed by atoms with van der Waals surface area (Å²) in [5.41, 5.74) is 22.1. The molecular formula is C69H59BN3S. The van der Waals surface area contributed by atoms with Crippen LogP contribution in [-0.2, 0) is 10.8 Å². The predicted molar refractivity (Wildman–Crippen MR) is 322 cm³/mol. The average Bonchev–Trinajstić information content (AvgIpc) is 3.80. The van der Waals surface area contributed by atoms with Gasteiger partial charge < -0.3 is 15.1 Å². The number of hydrogen-bond acceptors (Lipinski definition) is 4. The zero-order valence-corrected chi connectivity index (χ0v) is 44.1. The molecule has 1 aromatic heterocycles. The molecule has 0 fully saturated rings. The van der Waals surface area contributed by atoms with Crippen LogP contribution in [0.3, 0.4) is 0 Å². The minimum absolute atomic E-state index is 0.0169. The van der Waals surface area contributed by atoms with Gasteiger partial charge in [0, 0.05) is 71.2 Å². The van der Waals surface area contributed by atoms with Crippen molar-refractivity contribution in [3.8, 4) is 33.4 Å². The third kappa shape index (κ3) is 8.75. The lowest BCUT2D eigenvalue weighted by molar-refractivity contribution is 0.590. The molecule has 0 saturated heterocycles. The molecular weight excluding hydrogens is 914 g/mol. The van der Waals surface area contributed by atoms with Gasteiger partial charge in [-0.15, -0.1) is 11.3 Å². The van der Waals surface area contributed by atoms with Crippen molar-refractivity contribution in [1.82, 2.24) is 0 Å². The summed E-state index contributed by atoms with van der Waals surface area (Å²) in [6, 6.07) is 82.9. The number of nitrogens with zero attached hydrogens (tertiary/aromatic N) is 2. The molecule has 11 aromatic rings. The van der Waals surface area contributed by atoms with E-state index in [1.165, 1.54) is 75.6 Å². The summed E-state index contributed by atoms with van der Waals surface area (Å²) < 4.78 is 2.50. The molecule has 1 radical (unpaired) electrons. The van der Waals surface area contributed by atoms with Crippen LogP contribution in [0, 0.1) is 6.92 Å². The Balaban J connectivity index is 1.13. The van der Waals surface area contributed by atoms with E-state index in [0.29, 0.717) is 0 Å². The molecule has 1 aliphatic rings. The fourth-order valence-corrected chi connectivity index (χ4v) is 11.9. The van der Waals surface area contributed by atoms with Gasteiger partial charge >= 0.3 is 0 Å². The first-order chi connectivity index (χ1) is 35.9. The van der Waals surface area contributed by atoms with E-state index in [0.717, 1.165) is 51.1 Å². The van der Waals surface area contributed by atoms with E-state index in [1.807, 2.05) is 11.3 Å². The minimum atomic E-state index is 0.0169. The molecule has 1 aliphatic heterocycles. The van der Waals surface area contributed by atoms with Gasteiger partial charge in [0.15, 0.2) is 7.28 Å². The zero-order chi connectivity index (χ0) is 50.7. The molecule has 0 unspecified atom stereocenters. The van der Waals surface area contributed by atoms with E-state index in [4.69, 9.17) is 0 Å². The number of para-hydroxylation sites is 1. The Hall–Kier alpha value is -8.12. The fourth-order valence-electron chi connectivity index (χ4n) is 10.7. The highest BCUT2D eigenvalue weighted by Gasteiger charge is 2.32. The molecule has 5 heteroatoms. The topological polar surface area (TPSA) is 18.5 Å². The lowest BCUT2D eigenvalue weighted by Crippen LogP contribution is -2.41. The SMILES string of the molecule is Cc1ccccc1N1c2cc(-c3ccccc3)ccc2[B]c2c1cc1sc3ccccc3c1c2-c1cc(N(c2ccc(C(C)(C)C)cc2)c2ccc(C(C)(C)C)cc2)ccc1Nc1ccc(-c2ccccc2)cc1. The third-order valence-corrected chi connectivity index (χ3v) is 15.9. The van der Waals surface area contributed by atoms with Crippen molar-refractivity contribution in [1.29, 1.82) is 0 Å². The highest BCUT2D eigenvalue weighted by Crippen LogP contribution is 2.49.